The van der Waals surface area contributed by atoms with E-state index in [0.717, 1.165) is 45.1 Å². The molecule has 2 aliphatic heterocycles. The van der Waals surface area contributed by atoms with Gasteiger partial charge in [-0.15, -0.1) is 0 Å². The van der Waals surface area contributed by atoms with E-state index in [2.05, 4.69) is 10.0 Å². The van der Waals surface area contributed by atoms with Crippen LogP contribution in [0, 0.1) is 0 Å². The first kappa shape index (κ1) is 16.2. The van der Waals surface area contributed by atoms with Gasteiger partial charge in [0.05, 0.1) is 6.10 Å². The molecule has 0 aliphatic carbocycles. The van der Waals surface area contributed by atoms with E-state index < -0.39 is 10.2 Å². The fourth-order valence-electron chi connectivity index (χ4n) is 2.98. The van der Waals surface area contributed by atoms with Gasteiger partial charge in [0, 0.05) is 32.3 Å². The standard InChI is InChI=1S/C13H27N3O3S/c1-14-10-12-6-2-4-8-16(12)20(17,18)15-11-13-7-3-5-9-19-13/h12-15H,2-11H2,1H3. The number of nitrogens with one attached hydrogen (secondary N) is 2. The summed E-state index contributed by atoms with van der Waals surface area (Å²) in [5, 5.41) is 3.09. The van der Waals surface area contributed by atoms with E-state index in [9.17, 15) is 8.42 Å². The first-order valence-electron chi connectivity index (χ1n) is 7.66. The maximum atomic E-state index is 12.4. The molecule has 7 heteroatoms. The Hall–Kier alpha value is -0.210. The molecular weight excluding hydrogens is 278 g/mol. The summed E-state index contributed by atoms with van der Waals surface area (Å²) in [7, 11) is -1.53. The number of rotatable bonds is 6. The Morgan fingerprint density at radius 3 is 2.65 bits per heavy atom. The molecule has 0 bridgehead atoms. The highest BCUT2D eigenvalue weighted by molar-refractivity contribution is 7.87. The molecule has 2 saturated heterocycles. The van der Waals surface area contributed by atoms with Gasteiger partial charge in [-0.1, -0.05) is 6.42 Å². The monoisotopic (exact) mass is 305 g/mol. The number of nitrogens with zero attached hydrogens (tertiary/aromatic N) is 1. The van der Waals surface area contributed by atoms with Crippen molar-refractivity contribution in [3.05, 3.63) is 0 Å². The zero-order chi connectivity index (χ0) is 14.4. The van der Waals surface area contributed by atoms with Gasteiger partial charge in [-0.05, 0) is 39.2 Å². The first-order valence-corrected chi connectivity index (χ1v) is 9.10. The van der Waals surface area contributed by atoms with Crippen LogP contribution in [0.1, 0.15) is 38.5 Å². The molecule has 0 aromatic carbocycles. The zero-order valence-electron chi connectivity index (χ0n) is 12.3. The summed E-state index contributed by atoms with van der Waals surface area (Å²) in [6.07, 6.45) is 6.17. The maximum absolute atomic E-state index is 12.4. The van der Waals surface area contributed by atoms with E-state index in [1.807, 2.05) is 7.05 Å². The van der Waals surface area contributed by atoms with Crippen molar-refractivity contribution < 1.29 is 13.2 Å². The molecule has 0 aromatic heterocycles. The molecule has 2 heterocycles. The molecule has 0 radical (unpaired) electrons. The minimum atomic E-state index is -3.39. The van der Waals surface area contributed by atoms with Crippen LogP contribution in [0.15, 0.2) is 0 Å². The molecular formula is C13H27N3O3S. The molecule has 2 rings (SSSR count). The van der Waals surface area contributed by atoms with Crippen LogP contribution in [0.25, 0.3) is 0 Å². The van der Waals surface area contributed by atoms with Gasteiger partial charge in [-0.2, -0.15) is 17.4 Å². The van der Waals surface area contributed by atoms with Gasteiger partial charge >= 0.3 is 0 Å². The van der Waals surface area contributed by atoms with Crippen LogP contribution in [0.5, 0.6) is 0 Å². The highest BCUT2D eigenvalue weighted by Crippen LogP contribution is 2.19. The Kier molecular flexibility index (Phi) is 6.22. The van der Waals surface area contributed by atoms with Crippen molar-refractivity contribution in [3.63, 3.8) is 0 Å². The average Bonchev–Trinajstić information content (AvgIpc) is 2.47. The Labute approximate surface area is 122 Å². The van der Waals surface area contributed by atoms with E-state index in [4.69, 9.17) is 4.74 Å². The van der Waals surface area contributed by atoms with Crippen molar-refractivity contribution in [1.82, 2.24) is 14.3 Å². The fraction of sp³-hybridized carbons (Fsp3) is 1.00. The molecule has 0 saturated carbocycles. The van der Waals surface area contributed by atoms with Crippen LogP contribution >= 0.6 is 0 Å². The lowest BCUT2D eigenvalue weighted by molar-refractivity contribution is 0.0197. The molecule has 0 amide bonds. The lowest BCUT2D eigenvalue weighted by Crippen LogP contribution is -2.53. The van der Waals surface area contributed by atoms with Gasteiger partial charge < -0.3 is 10.1 Å². The zero-order valence-corrected chi connectivity index (χ0v) is 13.1. The number of likely N-dealkylation sites (N-methyl/N-ethyl adjacent to an activating group) is 1. The van der Waals surface area contributed by atoms with Crippen LogP contribution in [-0.4, -0.2) is 58.2 Å². The van der Waals surface area contributed by atoms with Gasteiger partial charge in [0.2, 0.25) is 0 Å². The van der Waals surface area contributed by atoms with Crippen molar-refractivity contribution >= 4 is 10.2 Å². The third-order valence-corrected chi connectivity index (χ3v) is 5.72. The number of hydrogen-bond acceptors (Lipinski definition) is 4. The second-order valence-electron chi connectivity index (χ2n) is 5.66. The molecule has 20 heavy (non-hydrogen) atoms. The van der Waals surface area contributed by atoms with Gasteiger partial charge in [0.15, 0.2) is 0 Å². The molecule has 2 N–H and O–H groups in total. The normalized spacial score (nSPS) is 29.4. The van der Waals surface area contributed by atoms with Crippen molar-refractivity contribution in [2.24, 2.45) is 0 Å². The molecule has 118 valence electrons. The summed E-state index contributed by atoms with van der Waals surface area (Å²) < 4.78 is 34.8. The van der Waals surface area contributed by atoms with Gasteiger partial charge in [0.25, 0.3) is 10.2 Å². The van der Waals surface area contributed by atoms with E-state index in [1.165, 1.54) is 0 Å². The largest absolute Gasteiger partial charge is 0.377 e. The molecule has 6 nitrogen and oxygen atoms in total. The molecule has 2 atom stereocenters. The summed E-state index contributed by atoms with van der Waals surface area (Å²) >= 11 is 0. The van der Waals surface area contributed by atoms with Crippen LogP contribution in [0.4, 0.5) is 0 Å². The van der Waals surface area contributed by atoms with Crippen molar-refractivity contribution in [2.45, 2.75) is 50.7 Å². The second kappa shape index (κ2) is 7.70. The van der Waals surface area contributed by atoms with Crippen LogP contribution < -0.4 is 10.0 Å². The van der Waals surface area contributed by atoms with E-state index in [0.29, 0.717) is 19.6 Å². The summed E-state index contributed by atoms with van der Waals surface area (Å²) in [5.41, 5.74) is 0. The minimum absolute atomic E-state index is 0.0334. The Morgan fingerprint density at radius 2 is 1.95 bits per heavy atom. The second-order valence-corrected chi connectivity index (χ2v) is 7.37. The quantitative estimate of drug-likeness (QED) is 0.748. The minimum Gasteiger partial charge on any atom is -0.377 e. The first-order chi connectivity index (χ1) is 9.63. The number of piperidine rings is 1. The van der Waals surface area contributed by atoms with E-state index in [-0.39, 0.29) is 12.1 Å². The predicted molar refractivity (Wildman–Crippen MR) is 78.8 cm³/mol. The third-order valence-electron chi connectivity index (χ3n) is 4.09. The maximum Gasteiger partial charge on any atom is 0.279 e. The SMILES string of the molecule is CNCC1CCCCN1S(=O)(=O)NCC1CCCCO1. The predicted octanol–water partition coefficient (Wildman–Crippen LogP) is 0.464. The van der Waals surface area contributed by atoms with Gasteiger partial charge in [-0.3, -0.25) is 0 Å². The van der Waals surface area contributed by atoms with E-state index in [1.54, 1.807) is 4.31 Å². The Morgan fingerprint density at radius 1 is 1.15 bits per heavy atom. The van der Waals surface area contributed by atoms with Crippen molar-refractivity contribution in [1.29, 1.82) is 0 Å². The average molecular weight is 305 g/mol. The van der Waals surface area contributed by atoms with Gasteiger partial charge in [0.1, 0.15) is 0 Å². The lowest BCUT2D eigenvalue weighted by atomic mass is 10.1. The third kappa shape index (κ3) is 4.39. The summed E-state index contributed by atoms with van der Waals surface area (Å²) in [6, 6.07) is 0.0681. The summed E-state index contributed by atoms with van der Waals surface area (Å²) in [4.78, 5) is 0. The number of hydrogen-bond donors (Lipinski definition) is 2. The van der Waals surface area contributed by atoms with Crippen molar-refractivity contribution in [2.75, 3.05) is 33.3 Å². The Balaban J connectivity index is 1.89. The van der Waals surface area contributed by atoms with Crippen molar-refractivity contribution in [3.8, 4) is 0 Å². The summed E-state index contributed by atoms with van der Waals surface area (Å²) in [6.45, 7) is 2.47. The van der Waals surface area contributed by atoms with E-state index >= 15 is 0 Å². The molecule has 2 unspecified atom stereocenters. The van der Waals surface area contributed by atoms with Crippen LogP contribution in [0.3, 0.4) is 0 Å². The molecule has 0 aromatic rings. The highest BCUT2D eigenvalue weighted by Gasteiger charge is 2.32. The smallest absolute Gasteiger partial charge is 0.279 e. The van der Waals surface area contributed by atoms with Crippen LogP contribution in [0.2, 0.25) is 0 Å². The number of ether oxygens (including phenoxy) is 1. The lowest BCUT2D eigenvalue weighted by Gasteiger charge is -2.35. The Bertz CT molecular complexity index is 380. The molecule has 2 aliphatic rings. The molecule has 2 fully saturated rings. The fourth-order valence-corrected chi connectivity index (χ4v) is 4.48. The van der Waals surface area contributed by atoms with Crippen LogP contribution in [-0.2, 0) is 14.9 Å². The molecule has 0 spiro atoms. The summed E-state index contributed by atoms with van der Waals surface area (Å²) in [5.74, 6) is 0. The highest BCUT2D eigenvalue weighted by atomic mass is 32.2. The topological polar surface area (TPSA) is 70.7 Å². The van der Waals surface area contributed by atoms with Gasteiger partial charge in [-0.25, -0.2) is 0 Å².